The minimum absolute atomic E-state index is 0.0974. The highest BCUT2D eigenvalue weighted by Gasteiger charge is 2.41. The van der Waals surface area contributed by atoms with Gasteiger partial charge in [0.05, 0.1) is 19.0 Å². The highest BCUT2D eigenvalue weighted by atomic mass is 19.4. The van der Waals surface area contributed by atoms with Crippen molar-refractivity contribution in [3.8, 4) is 0 Å². The predicted molar refractivity (Wildman–Crippen MR) is 80.6 cm³/mol. The lowest BCUT2D eigenvalue weighted by molar-refractivity contribution is -0.386. The minimum Gasteiger partial charge on any atom is -0.542 e. The summed E-state index contributed by atoms with van der Waals surface area (Å²) in [6.45, 7) is 0.652. The smallest absolute Gasteiger partial charge is 0.430 e. The number of halogens is 3. The number of nitrogens with one attached hydrogen (secondary N) is 1. The van der Waals surface area contributed by atoms with Crippen LogP contribution in [-0.2, 0) is 20.9 Å². The Morgan fingerprint density at radius 3 is 2.15 bits per heavy atom. The molecule has 1 unspecified atom stereocenters. The van der Waals surface area contributed by atoms with Crippen LogP contribution in [-0.4, -0.2) is 46.1 Å². The molecule has 3 amide bonds. The van der Waals surface area contributed by atoms with E-state index in [2.05, 4.69) is 11.1 Å². The summed E-state index contributed by atoms with van der Waals surface area (Å²) in [5.41, 5.74) is 5.34. The van der Waals surface area contributed by atoms with Crippen molar-refractivity contribution >= 4 is 29.6 Å². The first-order chi connectivity index (χ1) is 12.5. The lowest BCUT2D eigenvalue weighted by Crippen LogP contribution is -2.57. The first-order valence-corrected chi connectivity index (χ1v) is 7.47. The molecular weight excluding hydrogens is 375 g/mol. The third-order valence-electron chi connectivity index (χ3n) is 3.40. The largest absolute Gasteiger partial charge is 0.542 e. The molecule has 0 spiro atoms. The molecule has 12 heteroatoms. The van der Waals surface area contributed by atoms with Gasteiger partial charge in [-0.3, -0.25) is 14.5 Å². The number of hydrogen-bond acceptors (Lipinski definition) is 5. The number of carbonyl (C=O) groups excluding carboxylic acids is 3. The zero-order chi connectivity index (χ0) is 20.8. The highest BCUT2D eigenvalue weighted by Crippen LogP contribution is 2.23. The number of carbonyl (C=O) groups is 4. The van der Waals surface area contributed by atoms with Gasteiger partial charge in [-0.15, -0.1) is 0 Å². The summed E-state index contributed by atoms with van der Waals surface area (Å²) >= 11 is 0. The molecule has 0 radical (unpaired) electrons. The first kappa shape index (κ1) is 21.9. The Bertz CT molecular complexity index is 721. The van der Waals surface area contributed by atoms with Crippen LogP contribution in [0, 0.1) is 0 Å². The lowest BCUT2D eigenvalue weighted by atomic mass is 9.99. The molecule has 0 aliphatic carbocycles. The van der Waals surface area contributed by atoms with Crippen molar-refractivity contribution in [2.45, 2.75) is 31.6 Å². The summed E-state index contributed by atoms with van der Waals surface area (Å²) in [4.78, 5) is 43.7. The zero-order valence-electron chi connectivity index (χ0n) is 13.8. The normalized spacial score (nSPS) is 15.9. The molecule has 27 heavy (non-hydrogen) atoms. The number of hydrogen-bond donors (Lipinski definition) is 3. The van der Waals surface area contributed by atoms with Crippen molar-refractivity contribution in [1.82, 2.24) is 4.90 Å². The van der Waals surface area contributed by atoms with Crippen molar-refractivity contribution < 1.29 is 48.3 Å². The van der Waals surface area contributed by atoms with Crippen molar-refractivity contribution in [1.29, 1.82) is 0 Å². The van der Waals surface area contributed by atoms with Gasteiger partial charge in [-0.25, -0.2) is 4.79 Å². The summed E-state index contributed by atoms with van der Waals surface area (Å²) in [7, 11) is 0. The van der Waals surface area contributed by atoms with E-state index in [1.54, 1.807) is 12.1 Å². The van der Waals surface area contributed by atoms with Gasteiger partial charge in [-0.1, -0.05) is 12.1 Å². The van der Waals surface area contributed by atoms with Crippen LogP contribution in [0.5, 0.6) is 0 Å². The quantitative estimate of drug-likeness (QED) is 0.579. The second kappa shape index (κ2) is 8.98. The molecule has 2 rings (SSSR count). The monoisotopic (exact) mass is 391 g/mol. The topological polar surface area (TPSA) is 154 Å². The molecule has 5 N–H and O–H groups in total. The fourth-order valence-electron chi connectivity index (χ4n) is 2.06. The van der Waals surface area contributed by atoms with E-state index < -0.39 is 30.2 Å². The van der Waals surface area contributed by atoms with Crippen molar-refractivity contribution in [3.63, 3.8) is 0 Å². The first-order valence-electron chi connectivity index (χ1n) is 7.47. The molecule has 1 aliphatic rings. The van der Waals surface area contributed by atoms with Gasteiger partial charge in [0.1, 0.15) is 5.97 Å². The predicted octanol–water partition coefficient (Wildman–Crippen LogP) is -0.665. The van der Waals surface area contributed by atoms with E-state index in [0.29, 0.717) is 12.2 Å². The van der Waals surface area contributed by atoms with Crippen molar-refractivity contribution in [2.75, 3.05) is 5.32 Å². The molecule has 1 aromatic rings. The number of nitrogens with zero attached hydrogens (tertiary/aromatic N) is 1. The molecular formula is C15H16F3N3O6. The number of alkyl halides is 3. The Balaban J connectivity index is 0.000000445. The second-order valence-corrected chi connectivity index (χ2v) is 5.38. The maximum atomic E-state index is 11.9. The highest BCUT2D eigenvalue weighted by molar-refractivity contribution is 6.05. The standard InChI is InChI=1S/C13H15N3O4.C2HF3O2/c14-7-8-1-3-9(4-2-8)15-13(20)16-10(5-11(16)17)6-12(18)19;3-2(4,5)1(6)7/h1-4,10H,5-7,14H2,(H,15,20)(H,18,19);(H,6,7). The van der Waals surface area contributed by atoms with E-state index in [1.165, 1.54) is 0 Å². The van der Waals surface area contributed by atoms with E-state index in [9.17, 15) is 27.6 Å². The van der Waals surface area contributed by atoms with E-state index >= 15 is 0 Å². The number of likely N-dealkylation sites (tertiary alicyclic amines) is 1. The Morgan fingerprint density at radius 2 is 1.78 bits per heavy atom. The van der Waals surface area contributed by atoms with Gasteiger partial charge in [0, 0.05) is 17.7 Å². The van der Waals surface area contributed by atoms with Crippen LogP contribution >= 0.6 is 0 Å². The van der Waals surface area contributed by atoms with E-state index in [4.69, 9.17) is 15.0 Å². The molecule has 0 saturated carbocycles. The number of quaternary nitrogens is 1. The van der Waals surface area contributed by atoms with Gasteiger partial charge >= 0.3 is 18.2 Å². The average Bonchev–Trinajstić information content (AvgIpc) is 2.54. The number of carboxylic acids is 2. The molecule has 9 nitrogen and oxygen atoms in total. The summed E-state index contributed by atoms with van der Waals surface area (Å²) in [6.07, 6.45) is -5.32. The number of urea groups is 1. The third kappa shape index (κ3) is 6.58. The molecule has 1 heterocycles. The number of imide groups is 1. The minimum atomic E-state index is -5.19. The number of amides is 3. The molecule has 1 aliphatic heterocycles. The molecule has 1 aromatic carbocycles. The van der Waals surface area contributed by atoms with Crippen LogP contribution in [0.1, 0.15) is 18.4 Å². The number of aliphatic carboxylic acids is 2. The maximum Gasteiger partial charge on any atom is 0.430 e. The third-order valence-corrected chi connectivity index (χ3v) is 3.40. The van der Waals surface area contributed by atoms with Crippen molar-refractivity contribution in [2.24, 2.45) is 0 Å². The van der Waals surface area contributed by atoms with E-state index in [-0.39, 0.29) is 18.7 Å². The Kier molecular flexibility index (Phi) is 7.28. The molecule has 0 aromatic heterocycles. The molecule has 0 bridgehead atoms. The Hall–Kier alpha value is -3.15. The van der Waals surface area contributed by atoms with Gasteiger partial charge < -0.3 is 26.1 Å². The van der Waals surface area contributed by atoms with Gasteiger partial charge in [-0.05, 0) is 12.1 Å². The molecule has 148 valence electrons. The molecule has 1 fully saturated rings. The average molecular weight is 391 g/mol. The fourth-order valence-corrected chi connectivity index (χ4v) is 2.06. The van der Waals surface area contributed by atoms with Crippen LogP contribution in [0.4, 0.5) is 23.7 Å². The summed E-state index contributed by atoms with van der Waals surface area (Å²) in [5.74, 6) is -4.39. The van der Waals surface area contributed by atoms with Gasteiger partial charge in [-0.2, -0.15) is 13.2 Å². The van der Waals surface area contributed by atoms with Crippen LogP contribution in [0.15, 0.2) is 24.3 Å². The van der Waals surface area contributed by atoms with E-state index in [1.807, 2.05) is 12.1 Å². The Morgan fingerprint density at radius 1 is 1.26 bits per heavy atom. The summed E-state index contributed by atoms with van der Waals surface area (Å²) < 4.78 is 31.5. The second-order valence-electron chi connectivity index (χ2n) is 5.38. The summed E-state index contributed by atoms with van der Waals surface area (Å²) in [6, 6.07) is 5.95. The van der Waals surface area contributed by atoms with Gasteiger partial charge in [0.25, 0.3) is 0 Å². The van der Waals surface area contributed by atoms with Gasteiger partial charge in [0.15, 0.2) is 0 Å². The number of carboxylic acid groups (broad SMARTS) is 2. The fraction of sp³-hybridized carbons (Fsp3) is 0.333. The van der Waals surface area contributed by atoms with Crippen LogP contribution in [0.3, 0.4) is 0 Å². The van der Waals surface area contributed by atoms with Crippen LogP contribution in [0.2, 0.25) is 0 Å². The summed E-state index contributed by atoms with van der Waals surface area (Å²) in [5, 5.41) is 20.1. The lowest BCUT2D eigenvalue weighted by Gasteiger charge is -2.37. The van der Waals surface area contributed by atoms with Crippen LogP contribution < -0.4 is 16.2 Å². The SMILES string of the molecule is O=C([O-])C(F)(F)F.[NH3+]Cc1ccc(NC(=O)N2C(=O)CC2CC(=O)O)cc1. The van der Waals surface area contributed by atoms with Crippen molar-refractivity contribution in [3.05, 3.63) is 29.8 Å². The van der Waals surface area contributed by atoms with E-state index in [0.717, 1.165) is 10.5 Å². The van der Waals surface area contributed by atoms with Crippen LogP contribution in [0.25, 0.3) is 0 Å². The van der Waals surface area contributed by atoms with Gasteiger partial charge in [0.2, 0.25) is 5.91 Å². The zero-order valence-corrected chi connectivity index (χ0v) is 13.8. The Labute approximate surface area is 150 Å². The molecule has 1 atom stereocenters. The number of β-lactam (4-membered cyclic amide) rings is 1. The maximum absolute atomic E-state index is 11.9. The number of rotatable bonds is 4. The number of anilines is 1. The molecule has 1 saturated heterocycles. The number of benzene rings is 1.